The van der Waals surface area contributed by atoms with E-state index in [4.69, 9.17) is 4.74 Å². The van der Waals surface area contributed by atoms with Gasteiger partial charge in [0.25, 0.3) is 5.91 Å². The van der Waals surface area contributed by atoms with E-state index in [0.717, 1.165) is 23.3 Å². The molecule has 0 aliphatic carbocycles. The van der Waals surface area contributed by atoms with Crippen molar-refractivity contribution in [1.29, 1.82) is 0 Å². The molecule has 0 radical (unpaired) electrons. The fraction of sp³-hybridized carbons (Fsp3) is 0.441. The molecular formula is C34H42F3N5O5S. The summed E-state index contributed by atoms with van der Waals surface area (Å²) >= 11 is 0. The standard InChI is InChI=1S/C34H42F3N5O5S/c1-5-7-16-47-28-20-26(19-27(21-28)34(35,36)37)30-39-32(45)33(40-30)11-14-42(15-12-33)48(46)17-10-24-8-9-25(18-23(24)3)31(44)41(4)22-29(43)38-13-6-2/h5-6,8-9,18-21,30,40H,1-2,7,10-17,22H2,3-4H3,(H,38,43)(H,39,45). The molecule has 2 fully saturated rings. The minimum Gasteiger partial charge on any atom is -0.493 e. The number of carbonyl (C=O) groups is 3. The summed E-state index contributed by atoms with van der Waals surface area (Å²) in [6.07, 6.45) is -0.641. The van der Waals surface area contributed by atoms with Crippen LogP contribution in [-0.4, -0.2) is 82.3 Å². The molecule has 0 saturated carbocycles. The monoisotopic (exact) mass is 689 g/mol. The topological polar surface area (TPSA) is 120 Å². The van der Waals surface area contributed by atoms with Crippen molar-refractivity contribution in [2.45, 2.75) is 50.5 Å². The van der Waals surface area contributed by atoms with Crippen LogP contribution in [0.2, 0.25) is 0 Å². The van der Waals surface area contributed by atoms with E-state index in [1.807, 2.05) is 17.3 Å². The third-order valence-corrected chi connectivity index (χ3v) is 9.98. The number of rotatable bonds is 14. The summed E-state index contributed by atoms with van der Waals surface area (Å²) in [5.74, 6) is -0.494. The van der Waals surface area contributed by atoms with Crippen LogP contribution in [0.3, 0.4) is 0 Å². The van der Waals surface area contributed by atoms with Gasteiger partial charge in [0.05, 0.1) is 29.7 Å². The average molecular weight is 690 g/mol. The van der Waals surface area contributed by atoms with Crippen molar-refractivity contribution in [2.75, 3.05) is 45.6 Å². The van der Waals surface area contributed by atoms with Crippen LogP contribution < -0.4 is 20.7 Å². The van der Waals surface area contributed by atoms with Gasteiger partial charge in [0, 0.05) is 38.0 Å². The molecule has 48 heavy (non-hydrogen) atoms. The second-order valence-corrected chi connectivity index (χ2v) is 13.5. The van der Waals surface area contributed by atoms with Crippen LogP contribution in [0.1, 0.15) is 58.0 Å². The van der Waals surface area contributed by atoms with Crippen molar-refractivity contribution in [2.24, 2.45) is 0 Å². The van der Waals surface area contributed by atoms with Crippen LogP contribution in [0.15, 0.2) is 61.7 Å². The molecule has 0 aromatic heterocycles. The second-order valence-electron chi connectivity index (χ2n) is 11.9. The van der Waals surface area contributed by atoms with Crippen LogP contribution in [0, 0.1) is 6.92 Å². The quantitative estimate of drug-likeness (QED) is 0.205. The number of alkyl halides is 3. The number of hydrogen-bond acceptors (Lipinski definition) is 6. The SMILES string of the molecule is C=CCCOc1cc(C2NC(=O)C3(CCN(S(=O)CCc4ccc(C(=O)N(C)CC(=O)NCC=C)cc4C)CC3)N2)cc(C(F)(F)F)c1. The molecule has 2 heterocycles. The number of hydrogen-bond donors (Lipinski definition) is 3. The van der Waals surface area contributed by atoms with Gasteiger partial charge in [0.15, 0.2) is 0 Å². The predicted molar refractivity (Wildman–Crippen MR) is 177 cm³/mol. The van der Waals surface area contributed by atoms with Crippen LogP contribution in [-0.2, 0) is 33.2 Å². The zero-order valence-corrected chi connectivity index (χ0v) is 28.0. The minimum atomic E-state index is -4.60. The first kappa shape index (κ1) is 36.8. The summed E-state index contributed by atoms with van der Waals surface area (Å²) in [4.78, 5) is 39.3. The Morgan fingerprint density at radius 2 is 1.90 bits per heavy atom. The highest BCUT2D eigenvalue weighted by molar-refractivity contribution is 7.82. The van der Waals surface area contributed by atoms with E-state index in [1.165, 1.54) is 11.0 Å². The molecule has 3 amide bonds. The van der Waals surface area contributed by atoms with E-state index in [2.05, 4.69) is 29.1 Å². The zero-order chi connectivity index (χ0) is 35.1. The molecule has 2 aromatic rings. The molecule has 1 spiro atoms. The number of carbonyl (C=O) groups excluding carboxylic acids is 3. The van der Waals surface area contributed by atoms with Crippen molar-refractivity contribution < 1.29 is 36.5 Å². The Kier molecular flexibility index (Phi) is 12.2. The number of nitrogens with zero attached hydrogens (tertiary/aromatic N) is 2. The molecule has 2 aliphatic heterocycles. The molecule has 2 aliphatic rings. The van der Waals surface area contributed by atoms with E-state index >= 15 is 0 Å². The van der Waals surface area contributed by atoms with Crippen molar-refractivity contribution in [3.8, 4) is 5.75 Å². The minimum absolute atomic E-state index is 0.0525. The first-order valence-corrected chi connectivity index (χ1v) is 16.9. The second kappa shape index (κ2) is 15.9. The van der Waals surface area contributed by atoms with Gasteiger partial charge in [-0.1, -0.05) is 18.2 Å². The zero-order valence-electron chi connectivity index (χ0n) is 27.2. The van der Waals surface area contributed by atoms with E-state index in [1.54, 1.807) is 31.3 Å². The van der Waals surface area contributed by atoms with Gasteiger partial charge < -0.3 is 20.3 Å². The fourth-order valence-electron chi connectivity index (χ4n) is 5.74. The van der Waals surface area contributed by atoms with Gasteiger partial charge in [-0.3, -0.25) is 19.7 Å². The Labute approximate surface area is 281 Å². The highest BCUT2D eigenvalue weighted by Crippen LogP contribution is 2.37. The summed E-state index contributed by atoms with van der Waals surface area (Å²) in [7, 11) is 0.213. The normalized spacial score (nSPS) is 18.2. The number of nitrogens with one attached hydrogen (secondary N) is 3. The molecule has 0 bridgehead atoms. The summed E-state index contributed by atoms with van der Waals surface area (Å²) in [6.45, 7) is 10.1. The van der Waals surface area contributed by atoms with Gasteiger partial charge in [-0.05, 0) is 79.6 Å². The third-order valence-electron chi connectivity index (χ3n) is 8.48. The summed E-state index contributed by atoms with van der Waals surface area (Å²) in [5, 5.41) is 8.67. The van der Waals surface area contributed by atoms with Gasteiger partial charge in [-0.25, -0.2) is 8.51 Å². The highest BCUT2D eigenvalue weighted by Gasteiger charge is 2.49. The largest absolute Gasteiger partial charge is 0.493 e. The van der Waals surface area contributed by atoms with Crippen LogP contribution in [0.4, 0.5) is 13.2 Å². The average Bonchev–Trinajstić information content (AvgIpc) is 3.37. The lowest BCUT2D eigenvalue weighted by molar-refractivity contribution is -0.137. The Hall–Kier alpha value is -4.01. The maximum atomic E-state index is 13.7. The molecule has 10 nitrogen and oxygen atoms in total. The molecule has 2 atom stereocenters. The molecule has 14 heteroatoms. The number of benzene rings is 2. The van der Waals surface area contributed by atoms with Crippen molar-refractivity contribution in [1.82, 2.24) is 25.2 Å². The van der Waals surface area contributed by atoms with E-state index in [-0.39, 0.29) is 42.2 Å². The molecule has 3 N–H and O–H groups in total. The first-order chi connectivity index (χ1) is 22.8. The molecule has 4 rings (SSSR count). The van der Waals surface area contributed by atoms with Crippen LogP contribution >= 0.6 is 0 Å². The molecule has 260 valence electrons. The van der Waals surface area contributed by atoms with Gasteiger partial charge >= 0.3 is 6.18 Å². The maximum absolute atomic E-state index is 13.7. The van der Waals surface area contributed by atoms with Gasteiger partial charge in [0.1, 0.15) is 17.5 Å². The Morgan fingerprint density at radius 3 is 2.54 bits per heavy atom. The number of aryl methyl sites for hydroxylation is 2. The van der Waals surface area contributed by atoms with Crippen LogP contribution in [0.5, 0.6) is 5.75 Å². The van der Waals surface area contributed by atoms with E-state index in [0.29, 0.717) is 56.6 Å². The van der Waals surface area contributed by atoms with E-state index in [9.17, 15) is 31.8 Å². The van der Waals surface area contributed by atoms with Crippen LogP contribution in [0.25, 0.3) is 0 Å². The number of likely N-dealkylation sites (N-methyl/N-ethyl adjacent to an activating group) is 1. The molecule has 2 unspecified atom stereocenters. The van der Waals surface area contributed by atoms with Crippen molar-refractivity contribution >= 4 is 28.7 Å². The van der Waals surface area contributed by atoms with Gasteiger partial charge in [-0.2, -0.15) is 13.2 Å². The smallest absolute Gasteiger partial charge is 0.416 e. The lowest BCUT2D eigenvalue weighted by Gasteiger charge is -2.37. The number of amides is 3. The van der Waals surface area contributed by atoms with Gasteiger partial charge in [0.2, 0.25) is 11.8 Å². The predicted octanol–water partition coefficient (Wildman–Crippen LogP) is 3.80. The number of ether oxygens (including phenoxy) is 1. The van der Waals surface area contributed by atoms with E-state index < -0.39 is 34.4 Å². The number of halogens is 3. The Bertz CT molecular complexity index is 1560. The van der Waals surface area contributed by atoms with Gasteiger partial charge in [-0.15, -0.1) is 13.2 Å². The fourth-order valence-corrected chi connectivity index (χ4v) is 6.98. The van der Waals surface area contributed by atoms with Crippen molar-refractivity contribution in [3.05, 3.63) is 89.5 Å². The summed E-state index contributed by atoms with van der Waals surface area (Å²) in [5.41, 5.74) is 0.610. The third kappa shape index (κ3) is 9.11. The van der Waals surface area contributed by atoms with Crippen molar-refractivity contribution in [3.63, 3.8) is 0 Å². The lowest BCUT2D eigenvalue weighted by Crippen LogP contribution is -2.55. The molecule has 2 aromatic carbocycles. The summed E-state index contributed by atoms with van der Waals surface area (Å²) < 4.78 is 61.6. The lowest BCUT2D eigenvalue weighted by atomic mass is 9.88. The molecular weight excluding hydrogens is 647 g/mol. The summed E-state index contributed by atoms with van der Waals surface area (Å²) in [6, 6.07) is 8.71. The first-order valence-electron chi connectivity index (χ1n) is 15.7. The Morgan fingerprint density at radius 1 is 1.17 bits per heavy atom. The number of piperidine rings is 1. The molecule has 2 saturated heterocycles. The Balaban J connectivity index is 1.32. The highest BCUT2D eigenvalue weighted by atomic mass is 32.2. The maximum Gasteiger partial charge on any atom is 0.416 e.